The van der Waals surface area contributed by atoms with Crippen molar-refractivity contribution >= 4 is 0 Å². The fourth-order valence-corrected chi connectivity index (χ4v) is 1.97. The molecule has 92 valence electrons. The second kappa shape index (κ2) is 8.37. The summed E-state index contributed by atoms with van der Waals surface area (Å²) in [7, 11) is 0. The van der Waals surface area contributed by atoms with Crippen molar-refractivity contribution < 1.29 is 0 Å². The maximum Gasteiger partial charge on any atom is 0.0624 e. The molecule has 0 unspecified atom stereocenters. The van der Waals surface area contributed by atoms with Crippen LogP contribution in [0.25, 0.3) is 0 Å². The van der Waals surface area contributed by atoms with Gasteiger partial charge < -0.3 is 0 Å². The third kappa shape index (κ3) is 5.34. The van der Waals surface area contributed by atoms with Gasteiger partial charge >= 0.3 is 0 Å². The van der Waals surface area contributed by atoms with E-state index in [-0.39, 0.29) is 0 Å². The smallest absolute Gasteiger partial charge is 0.0624 e. The second-order valence-electron chi connectivity index (χ2n) is 4.59. The molecule has 0 amide bonds. The van der Waals surface area contributed by atoms with Crippen LogP contribution in [0.3, 0.4) is 0 Å². The Labute approximate surface area is 100 Å². The molecule has 1 heterocycles. The van der Waals surface area contributed by atoms with Crippen molar-refractivity contribution in [2.24, 2.45) is 0 Å². The average Bonchev–Trinajstić information content (AvgIpc) is 2.72. The summed E-state index contributed by atoms with van der Waals surface area (Å²) in [6, 6.07) is 2.15. The molecule has 2 nitrogen and oxygen atoms in total. The van der Waals surface area contributed by atoms with E-state index in [1.165, 1.54) is 50.6 Å². The van der Waals surface area contributed by atoms with Gasteiger partial charge in [-0.05, 0) is 18.9 Å². The summed E-state index contributed by atoms with van der Waals surface area (Å²) in [5.41, 5.74) is 1.24. The molecule has 0 aliphatic carbocycles. The molecule has 0 N–H and O–H groups in total. The van der Waals surface area contributed by atoms with Gasteiger partial charge in [-0.15, -0.1) is 0 Å². The van der Waals surface area contributed by atoms with Crippen LogP contribution in [0.2, 0.25) is 0 Å². The van der Waals surface area contributed by atoms with Gasteiger partial charge in [0.1, 0.15) is 0 Å². The topological polar surface area (TPSA) is 17.8 Å². The SMILES string of the molecule is CCCCCCCCn1ccc(CCC)n1. The van der Waals surface area contributed by atoms with E-state index >= 15 is 0 Å². The zero-order valence-corrected chi connectivity index (χ0v) is 10.9. The van der Waals surface area contributed by atoms with Gasteiger partial charge in [-0.1, -0.05) is 52.4 Å². The molecule has 0 aliphatic rings. The van der Waals surface area contributed by atoms with Gasteiger partial charge in [0.25, 0.3) is 0 Å². The third-order valence-corrected chi connectivity index (χ3v) is 2.94. The summed E-state index contributed by atoms with van der Waals surface area (Å²) >= 11 is 0. The van der Waals surface area contributed by atoms with Crippen molar-refractivity contribution in [1.29, 1.82) is 0 Å². The van der Waals surface area contributed by atoms with E-state index < -0.39 is 0 Å². The monoisotopic (exact) mass is 222 g/mol. The molecule has 2 heteroatoms. The minimum absolute atomic E-state index is 1.09. The Balaban J connectivity index is 2.07. The predicted octanol–water partition coefficient (Wildman–Crippen LogP) is 4.20. The van der Waals surface area contributed by atoms with Gasteiger partial charge in [-0.3, -0.25) is 4.68 Å². The number of aryl methyl sites for hydroxylation is 2. The average molecular weight is 222 g/mol. The molecule has 0 spiro atoms. The molecule has 16 heavy (non-hydrogen) atoms. The third-order valence-electron chi connectivity index (χ3n) is 2.94. The van der Waals surface area contributed by atoms with Gasteiger partial charge in [-0.25, -0.2) is 0 Å². The molecule has 0 fully saturated rings. The van der Waals surface area contributed by atoms with Gasteiger partial charge in [0.15, 0.2) is 0 Å². The summed E-state index contributed by atoms with van der Waals surface area (Å²) < 4.78 is 2.10. The van der Waals surface area contributed by atoms with Crippen molar-refractivity contribution in [3.05, 3.63) is 18.0 Å². The lowest BCUT2D eigenvalue weighted by Crippen LogP contribution is -1.99. The fourth-order valence-electron chi connectivity index (χ4n) is 1.97. The first-order chi connectivity index (χ1) is 7.86. The van der Waals surface area contributed by atoms with Crippen LogP contribution in [-0.2, 0) is 13.0 Å². The van der Waals surface area contributed by atoms with Gasteiger partial charge in [0.2, 0.25) is 0 Å². The van der Waals surface area contributed by atoms with Crippen molar-refractivity contribution in [2.75, 3.05) is 0 Å². The zero-order chi connectivity index (χ0) is 11.6. The standard InChI is InChI=1S/C14H26N2/c1-3-5-6-7-8-9-12-16-13-11-14(15-16)10-4-2/h11,13H,3-10,12H2,1-2H3. The Morgan fingerprint density at radius 3 is 2.50 bits per heavy atom. The lowest BCUT2D eigenvalue weighted by atomic mass is 10.1. The lowest BCUT2D eigenvalue weighted by molar-refractivity contribution is 0.523. The van der Waals surface area contributed by atoms with Gasteiger partial charge in [0, 0.05) is 12.7 Å². The van der Waals surface area contributed by atoms with Crippen molar-refractivity contribution in [1.82, 2.24) is 9.78 Å². The molecule has 0 bridgehead atoms. The molecular weight excluding hydrogens is 196 g/mol. The Morgan fingerprint density at radius 2 is 1.75 bits per heavy atom. The number of hydrogen-bond acceptors (Lipinski definition) is 1. The molecular formula is C14H26N2. The van der Waals surface area contributed by atoms with Gasteiger partial charge in [-0.2, -0.15) is 5.10 Å². The predicted molar refractivity (Wildman–Crippen MR) is 69.6 cm³/mol. The van der Waals surface area contributed by atoms with E-state index in [4.69, 9.17) is 0 Å². The molecule has 1 aromatic heterocycles. The zero-order valence-electron chi connectivity index (χ0n) is 10.9. The highest BCUT2D eigenvalue weighted by atomic mass is 15.3. The van der Waals surface area contributed by atoms with Crippen molar-refractivity contribution in [3.63, 3.8) is 0 Å². The minimum Gasteiger partial charge on any atom is -0.272 e. The Morgan fingerprint density at radius 1 is 1.00 bits per heavy atom. The van der Waals surface area contributed by atoms with E-state index in [0.717, 1.165) is 13.0 Å². The fraction of sp³-hybridized carbons (Fsp3) is 0.786. The van der Waals surface area contributed by atoms with Crippen LogP contribution in [-0.4, -0.2) is 9.78 Å². The maximum atomic E-state index is 4.55. The van der Waals surface area contributed by atoms with E-state index in [9.17, 15) is 0 Å². The van der Waals surface area contributed by atoms with Crippen LogP contribution in [0.1, 0.15) is 64.5 Å². The van der Waals surface area contributed by atoms with Crippen molar-refractivity contribution in [2.45, 2.75) is 71.8 Å². The van der Waals surface area contributed by atoms with Crippen LogP contribution >= 0.6 is 0 Å². The highest BCUT2D eigenvalue weighted by molar-refractivity contribution is 4.98. The van der Waals surface area contributed by atoms with Crippen LogP contribution < -0.4 is 0 Å². The highest BCUT2D eigenvalue weighted by Gasteiger charge is 1.97. The van der Waals surface area contributed by atoms with Crippen molar-refractivity contribution in [3.8, 4) is 0 Å². The Kier molecular flexibility index (Phi) is 6.95. The van der Waals surface area contributed by atoms with Gasteiger partial charge in [0.05, 0.1) is 5.69 Å². The molecule has 0 radical (unpaired) electrons. The highest BCUT2D eigenvalue weighted by Crippen LogP contribution is 2.06. The molecule has 0 saturated heterocycles. The first kappa shape index (κ1) is 13.3. The number of rotatable bonds is 9. The molecule has 1 rings (SSSR count). The molecule has 0 saturated carbocycles. The molecule has 0 atom stereocenters. The Bertz CT molecular complexity index is 265. The van der Waals surface area contributed by atoms with Crippen LogP contribution in [0.5, 0.6) is 0 Å². The summed E-state index contributed by atoms with van der Waals surface area (Å²) in [4.78, 5) is 0. The number of nitrogens with zero attached hydrogens (tertiary/aromatic N) is 2. The molecule has 1 aromatic rings. The normalized spacial score (nSPS) is 10.9. The van der Waals surface area contributed by atoms with Crippen LogP contribution in [0.4, 0.5) is 0 Å². The maximum absolute atomic E-state index is 4.55. The first-order valence-electron chi connectivity index (χ1n) is 6.89. The quantitative estimate of drug-likeness (QED) is 0.573. The number of unbranched alkanes of at least 4 members (excludes halogenated alkanes) is 5. The van der Waals surface area contributed by atoms with Crippen LogP contribution in [0, 0.1) is 0 Å². The molecule has 0 aromatic carbocycles. The summed E-state index contributed by atoms with van der Waals surface area (Å²) in [6.45, 7) is 5.56. The first-order valence-corrected chi connectivity index (χ1v) is 6.89. The largest absolute Gasteiger partial charge is 0.272 e. The summed E-state index contributed by atoms with van der Waals surface area (Å²) in [5, 5.41) is 4.55. The molecule has 0 aliphatic heterocycles. The van der Waals surface area contributed by atoms with E-state index in [0.29, 0.717) is 0 Å². The van der Waals surface area contributed by atoms with E-state index in [1.807, 2.05) is 0 Å². The van der Waals surface area contributed by atoms with E-state index in [2.05, 4.69) is 35.9 Å². The lowest BCUT2D eigenvalue weighted by Gasteiger charge is -2.01. The minimum atomic E-state index is 1.09. The summed E-state index contributed by atoms with van der Waals surface area (Å²) in [5.74, 6) is 0. The Hall–Kier alpha value is -0.790. The van der Waals surface area contributed by atoms with Crippen LogP contribution in [0.15, 0.2) is 12.3 Å². The van der Waals surface area contributed by atoms with E-state index in [1.54, 1.807) is 0 Å². The number of aromatic nitrogens is 2. The second-order valence-corrected chi connectivity index (χ2v) is 4.59. The summed E-state index contributed by atoms with van der Waals surface area (Å²) in [6.07, 6.45) is 12.6. The number of hydrogen-bond donors (Lipinski definition) is 0.